The van der Waals surface area contributed by atoms with Crippen LogP contribution in [0.15, 0.2) is 60.7 Å². The van der Waals surface area contributed by atoms with Crippen LogP contribution in [0.1, 0.15) is 39.9 Å². The molecule has 1 saturated carbocycles. The zero-order chi connectivity index (χ0) is 32.2. The lowest BCUT2D eigenvalue weighted by atomic mass is 9.99. The van der Waals surface area contributed by atoms with Gasteiger partial charge in [-0.05, 0) is 78.4 Å². The molecule has 0 unspecified atom stereocenters. The van der Waals surface area contributed by atoms with E-state index in [0.29, 0.717) is 13.1 Å². The largest absolute Gasteiger partial charge is 0.478 e. The summed E-state index contributed by atoms with van der Waals surface area (Å²) in [6.07, 6.45) is -1.38. The number of alkyl halides is 3. The van der Waals surface area contributed by atoms with Crippen molar-refractivity contribution in [3.63, 3.8) is 0 Å². The first kappa shape index (κ1) is 33.0. The highest BCUT2D eigenvalue weighted by Gasteiger charge is 2.34. The van der Waals surface area contributed by atoms with Gasteiger partial charge in [0.05, 0.1) is 17.4 Å². The SMILES string of the molecule is CS(=O)(=O)N1CCN(Cc2ccc(N)cc2C(F)(F)F)CC1.Cc1ccc(NC(=O)C2CC2)cc1-c1ccc(C(=O)O)cc1. The first-order chi connectivity index (χ1) is 20.6. The van der Waals surface area contributed by atoms with Crippen LogP contribution in [0.25, 0.3) is 11.1 Å². The molecule has 2 aliphatic rings. The Bertz CT molecular complexity index is 1620. The van der Waals surface area contributed by atoms with Crippen LogP contribution in [-0.2, 0) is 27.5 Å². The predicted molar refractivity (Wildman–Crippen MR) is 162 cm³/mol. The number of nitrogens with one attached hydrogen (secondary N) is 1. The molecule has 2 fully saturated rings. The van der Waals surface area contributed by atoms with Gasteiger partial charge in [-0.25, -0.2) is 13.2 Å². The van der Waals surface area contributed by atoms with E-state index in [9.17, 15) is 31.2 Å². The van der Waals surface area contributed by atoms with E-state index in [0.717, 1.165) is 47.5 Å². The van der Waals surface area contributed by atoms with Gasteiger partial charge in [-0.2, -0.15) is 17.5 Å². The van der Waals surface area contributed by atoms with Crippen LogP contribution >= 0.6 is 0 Å². The van der Waals surface area contributed by atoms with E-state index in [1.165, 1.54) is 16.4 Å². The van der Waals surface area contributed by atoms with Gasteiger partial charge >= 0.3 is 12.1 Å². The van der Waals surface area contributed by atoms with Gasteiger partial charge in [-0.3, -0.25) is 9.69 Å². The summed E-state index contributed by atoms with van der Waals surface area (Å²) in [5.74, 6) is -0.690. The van der Waals surface area contributed by atoms with Crippen LogP contribution in [0.4, 0.5) is 24.5 Å². The number of aryl methyl sites for hydroxylation is 1. The quantitative estimate of drug-likeness (QED) is 0.310. The number of carboxylic acids is 1. The van der Waals surface area contributed by atoms with Gasteiger partial charge in [-0.15, -0.1) is 0 Å². The van der Waals surface area contributed by atoms with E-state index in [2.05, 4.69) is 5.32 Å². The molecule has 4 N–H and O–H groups in total. The molecule has 1 aliphatic carbocycles. The number of aromatic carboxylic acids is 1. The molecule has 13 heteroatoms. The topological polar surface area (TPSA) is 133 Å². The lowest BCUT2D eigenvalue weighted by Gasteiger charge is -2.33. The third-order valence-electron chi connectivity index (χ3n) is 7.53. The number of nitrogens with zero attached hydrogens (tertiary/aromatic N) is 2. The van der Waals surface area contributed by atoms with Crippen molar-refractivity contribution >= 4 is 33.3 Å². The van der Waals surface area contributed by atoms with Crippen molar-refractivity contribution in [1.82, 2.24) is 9.21 Å². The van der Waals surface area contributed by atoms with Crippen molar-refractivity contribution in [2.24, 2.45) is 5.92 Å². The first-order valence-corrected chi connectivity index (χ1v) is 15.8. The molecule has 1 amide bonds. The van der Waals surface area contributed by atoms with Crippen LogP contribution in [-0.4, -0.2) is 67.0 Å². The maximum absolute atomic E-state index is 13.0. The summed E-state index contributed by atoms with van der Waals surface area (Å²) in [6.45, 7) is 3.48. The molecule has 5 rings (SSSR count). The number of hydrogen-bond acceptors (Lipinski definition) is 6. The van der Waals surface area contributed by atoms with Crippen molar-refractivity contribution < 1.29 is 36.3 Å². The molecule has 0 aromatic heterocycles. The average molecular weight is 633 g/mol. The van der Waals surface area contributed by atoms with E-state index < -0.39 is 27.7 Å². The number of sulfonamides is 1. The van der Waals surface area contributed by atoms with Gasteiger partial charge in [0.2, 0.25) is 15.9 Å². The second-order valence-electron chi connectivity index (χ2n) is 11.0. The Kier molecular flexibility index (Phi) is 10.0. The van der Waals surface area contributed by atoms with Crippen molar-refractivity contribution in [2.75, 3.05) is 43.5 Å². The molecule has 44 heavy (non-hydrogen) atoms. The minimum Gasteiger partial charge on any atom is -0.478 e. The van der Waals surface area contributed by atoms with Gasteiger partial charge in [0.15, 0.2) is 0 Å². The maximum atomic E-state index is 13.0. The number of nitrogen functional groups attached to an aromatic ring is 1. The molecule has 1 aliphatic heterocycles. The minimum atomic E-state index is -4.46. The van der Waals surface area contributed by atoms with E-state index in [-0.39, 0.29) is 48.3 Å². The normalized spacial score (nSPS) is 16.1. The van der Waals surface area contributed by atoms with Crippen LogP contribution in [0.3, 0.4) is 0 Å². The Hall–Kier alpha value is -3.94. The van der Waals surface area contributed by atoms with Crippen molar-refractivity contribution in [2.45, 2.75) is 32.5 Å². The molecular formula is C31H35F3N4O5S. The molecule has 1 heterocycles. The monoisotopic (exact) mass is 632 g/mol. The van der Waals surface area contributed by atoms with Gasteiger partial charge in [-0.1, -0.05) is 24.3 Å². The smallest absolute Gasteiger partial charge is 0.416 e. The van der Waals surface area contributed by atoms with Crippen molar-refractivity contribution in [1.29, 1.82) is 0 Å². The molecule has 0 atom stereocenters. The van der Waals surface area contributed by atoms with Gasteiger partial charge < -0.3 is 16.2 Å². The fourth-order valence-electron chi connectivity index (χ4n) is 4.85. The van der Waals surface area contributed by atoms with E-state index in [1.54, 1.807) is 24.3 Å². The van der Waals surface area contributed by atoms with E-state index in [4.69, 9.17) is 10.8 Å². The highest BCUT2D eigenvalue weighted by molar-refractivity contribution is 7.88. The number of nitrogens with two attached hydrogens (primary N) is 1. The number of piperazine rings is 1. The van der Waals surface area contributed by atoms with Crippen LogP contribution in [0.5, 0.6) is 0 Å². The summed E-state index contributed by atoms with van der Waals surface area (Å²) in [4.78, 5) is 24.6. The fourth-order valence-corrected chi connectivity index (χ4v) is 5.68. The van der Waals surface area contributed by atoms with Gasteiger partial charge in [0, 0.05) is 50.0 Å². The van der Waals surface area contributed by atoms with Crippen LogP contribution in [0.2, 0.25) is 0 Å². The van der Waals surface area contributed by atoms with Crippen molar-refractivity contribution in [3.05, 3.63) is 82.9 Å². The Labute approximate surface area is 254 Å². The average Bonchev–Trinajstić information content (AvgIpc) is 3.81. The van der Waals surface area contributed by atoms with Crippen LogP contribution in [0, 0.1) is 12.8 Å². The zero-order valence-corrected chi connectivity index (χ0v) is 25.2. The number of anilines is 2. The summed E-state index contributed by atoms with van der Waals surface area (Å²) in [5.41, 5.74) is 8.96. The second-order valence-corrected chi connectivity index (χ2v) is 13.0. The Morgan fingerprint density at radius 2 is 1.61 bits per heavy atom. The highest BCUT2D eigenvalue weighted by atomic mass is 32.2. The third-order valence-corrected chi connectivity index (χ3v) is 8.83. The molecule has 0 spiro atoms. The lowest BCUT2D eigenvalue weighted by molar-refractivity contribution is -0.138. The highest BCUT2D eigenvalue weighted by Crippen LogP contribution is 2.34. The summed E-state index contributed by atoms with van der Waals surface area (Å²) < 4.78 is 63.3. The standard InChI is InChI=1S/C18H17NO3.C13H18F3N3O2S/c1-11-2-9-15(19-17(20)13-5-6-13)10-16(11)12-3-7-14(8-4-12)18(21)22;1-22(20,21)19-6-4-18(5-7-19)9-10-2-3-11(17)8-12(10)13(14,15)16/h2-4,7-10,13H,5-6H2,1H3,(H,19,20)(H,21,22);2-3,8H,4-7,9,17H2,1H3. The first-order valence-electron chi connectivity index (χ1n) is 14.0. The molecule has 3 aromatic carbocycles. The molecular weight excluding hydrogens is 597 g/mol. The number of halogens is 3. The minimum absolute atomic E-state index is 0.0676. The van der Waals surface area contributed by atoms with Crippen LogP contribution < -0.4 is 11.1 Å². The third kappa shape index (κ3) is 8.80. The van der Waals surface area contributed by atoms with Gasteiger partial charge in [0.1, 0.15) is 0 Å². The molecule has 3 aromatic rings. The number of carbonyl (C=O) groups excluding carboxylic acids is 1. The number of hydrogen-bond donors (Lipinski definition) is 3. The molecule has 1 saturated heterocycles. The number of amides is 1. The Morgan fingerprint density at radius 1 is 0.977 bits per heavy atom. The summed E-state index contributed by atoms with van der Waals surface area (Å²) in [7, 11) is -3.25. The number of carbonyl (C=O) groups is 2. The Balaban J connectivity index is 0.000000201. The Morgan fingerprint density at radius 3 is 2.16 bits per heavy atom. The van der Waals surface area contributed by atoms with Crippen molar-refractivity contribution in [3.8, 4) is 11.1 Å². The molecule has 9 nitrogen and oxygen atoms in total. The number of rotatable bonds is 7. The lowest BCUT2D eigenvalue weighted by Crippen LogP contribution is -2.47. The molecule has 236 valence electrons. The molecule has 0 bridgehead atoms. The molecule has 0 radical (unpaired) electrons. The predicted octanol–water partition coefficient (Wildman–Crippen LogP) is 5.07. The summed E-state index contributed by atoms with van der Waals surface area (Å²) in [6, 6.07) is 16.3. The maximum Gasteiger partial charge on any atom is 0.416 e. The zero-order valence-electron chi connectivity index (χ0n) is 24.4. The summed E-state index contributed by atoms with van der Waals surface area (Å²) in [5, 5.41) is 11.9. The van der Waals surface area contributed by atoms with E-state index >= 15 is 0 Å². The van der Waals surface area contributed by atoms with E-state index in [1.807, 2.05) is 30.0 Å². The number of carboxylic acid groups (broad SMARTS) is 1. The summed E-state index contributed by atoms with van der Waals surface area (Å²) >= 11 is 0. The van der Waals surface area contributed by atoms with Gasteiger partial charge in [0.25, 0.3) is 0 Å². The second kappa shape index (κ2) is 13.4. The number of benzene rings is 3. The fraction of sp³-hybridized carbons (Fsp3) is 0.355.